The standard InChI is InChI=1S/C18H21NO5/c1-12(17(20)19-10-15-6-4-8-22-15)24-18(21)14-9-13-5-2-3-7-16(13)23-11-14/h2-3,5,7,9,12,15H,4,6,8,10-11H2,1H3,(H,19,20)/t12-,15-/m0/s1. The second kappa shape index (κ2) is 7.49. The normalized spacial score (nSPS) is 20.4. The predicted octanol–water partition coefficient (Wildman–Crippen LogP) is 1.69. The maximum atomic E-state index is 12.2. The molecular weight excluding hydrogens is 310 g/mol. The Morgan fingerprint density at radius 2 is 2.21 bits per heavy atom. The highest BCUT2D eigenvalue weighted by atomic mass is 16.6. The first-order chi connectivity index (χ1) is 11.6. The highest BCUT2D eigenvalue weighted by Gasteiger charge is 2.24. The zero-order chi connectivity index (χ0) is 16.9. The van der Waals surface area contributed by atoms with E-state index < -0.39 is 12.1 Å². The van der Waals surface area contributed by atoms with Gasteiger partial charge in [0, 0.05) is 18.7 Å². The number of para-hydroxylation sites is 1. The van der Waals surface area contributed by atoms with Crippen LogP contribution in [0.4, 0.5) is 0 Å². The highest BCUT2D eigenvalue weighted by molar-refractivity contribution is 5.96. The number of rotatable bonds is 5. The topological polar surface area (TPSA) is 73.9 Å². The maximum absolute atomic E-state index is 12.2. The SMILES string of the molecule is C[C@H](OC(=O)C1=Cc2ccccc2OC1)C(=O)NC[C@@H]1CCCO1. The maximum Gasteiger partial charge on any atom is 0.338 e. The molecule has 3 rings (SSSR count). The predicted molar refractivity (Wildman–Crippen MR) is 87.5 cm³/mol. The third-order valence-electron chi connectivity index (χ3n) is 4.08. The summed E-state index contributed by atoms with van der Waals surface area (Å²) in [6.45, 7) is 2.88. The van der Waals surface area contributed by atoms with Crippen LogP contribution in [0, 0.1) is 0 Å². The molecule has 1 aromatic rings. The van der Waals surface area contributed by atoms with Crippen LogP contribution in [0.2, 0.25) is 0 Å². The van der Waals surface area contributed by atoms with E-state index in [4.69, 9.17) is 14.2 Å². The van der Waals surface area contributed by atoms with Gasteiger partial charge in [-0.3, -0.25) is 4.79 Å². The van der Waals surface area contributed by atoms with Crippen LogP contribution in [0.15, 0.2) is 29.8 Å². The molecule has 0 unspecified atom stereocenters. The van der Waals surface area contributed by atoms with Gasteiger partial charge in [-0.25, -0.2) is 4.79 Å². The summed E-state index contributed by atoms with van der Waals surface area (Å²) in [4.78, 5) is 24.2. The number of esters is 1. The fourth-order valence-electron chi connectivity index (χ4n) is 2.69. The number of benzene rings is 1. The zero-order valence-corrected chi connectivity index (χ0v) is 13.6. The Balaban J connectivity index is 1.52. The fourth-order valence-corrected chi connectivity index (χ4v) is 2.69. The molecule has 2 aliphatic rings. The quantitative estimate of drug-likeness (QED) is 0.831. The van der Waals surface area contributed by atoms with Gasteiger partial charge < -0.3 is 19.5 Å². The van der Waals surface area contributed by atoms with Gasteiger partial charge in [0.2, 0.25) is 0 Å². The summed E-state index contributed by atoms with van der Waals surface area (Å²) in [7, 11) is 0. The molecule has 0 radical (unpaired) electrons. The molecule has 0 saturated carbocycles. The molecule has 1 saturated heterocycles. The summed E-state index contributed by atoms with van der Waals surface area (Å²) in [5, 5.41) is 2.76. The number of nitrogens with one attached hydrogen (secondary N) is 1. The summed E-state index contributed by atoms with van der Waals surface area (Å²) in [5.74, 6) is -0.128. The van der Waals surface area contributed by atoms with Gasteiger partial charge >= 0.3 is 5.97 Å². The van der Waals surface area contributed by atoms with E-state index in [2.05, 4.69) is 5.32 Å². The van der Waals surface area contributed by atoms with Crippen LogP contribution < -0.4 is 10.1 Å². The van der Waals surface area contributed by atoms with Crippen LogP contribution in [-0.2, 0) is 19.1 Å². The Hall–Kier alpha value is -2.34. The molecule has 1 amide bonds. The van der Waals surface area contributed by atoms with Gasteiger partial charge in [-0.15, -0.1) is 0 Å². The summed E-state index contributed by atoms with van der Waals surface area (Å²) >= 11 is 0. The Labute approximate surface area is 140 Å². The largest absolute Gasteiger partial charge is 0.488 e. The lowest BCUT2D eigenvalue weighted by Crippen LogP contribution is -2.40. The van der Waals surface area contributed by atoms with Gasteiger partial charge in [0.05, 0.1) is 11.7 Å². The molecule has 1 fully saturated rings. The van der Waals surface area contributed by atoms with E-state index in [0.717, 1.165) is 30.8 Å². The lowest BCUT2D eigenvalue weighted by molar-refractivity contribution is -0.151. The first kappa shape index (κ1) is 16.5. The molecule has 2 aliphatic heterocycles. The van der Waals surface area contributed by atoms with Crippen molar-refractivity contribution < 1.29 is 23.8 Å². The molecule has 0 aromatic heterocycles. The molecule has 128 valence electrons. The van der Waals surface area contributed by atoms with Crippen molar-refractivity contribution in [3.8, 4) is 5.75 Å². The van der Waals surface area contributed by atoms with E-state index in [1.165, 1.54) is 0 Å². The molecule has 24 heavy (non-hydrogen) atoms. The average molecular weight is 331 g/mol. The first-order valence-corrected chi connectivity index (χ1v) is 8.16. The van der Waals surface area contributed by atoms with Gasteiger partial charge in [0.15, 0.2) is 6.10 Å². The van der Waals surface area contributed by atoms with Crippen molar-refractivity contribution in [3.63, 3.8) is 0 Å². The fraction of sp³-hybridized carbons (Fsp3) is 0.444. The lowest BCUT2D eigenvalue weighted by Gasteiger charge is -2.19. The van der Waals surface area contributed by atoms with Crippen LogP contribution in [-0.4, -0.2) is 43.8 Å². The molecule has 6 heteroatoms. The molecular formula is C18H21NO5. The summed E-state index contributed by atoms with van der Waals surface area (Å²) in [6.07, 6.45) is 2.89. The van der Waals surface area contributed by atoms with Crippen molar-refractivity contribution in [2.24, 2.45) is 0 Å². The van der Waals surface area contributed by atoms with Crippen molar-refractivity contribution in [3.05, 3.63) is 35.4 Å². The Morgan fingerprint density at radius 3 is 3.00 bits per heavy atom. The van der Waals surface area contributed by atoms with Crippen molar-refractivity contribution in [1.82, 2.24) is 5.32 Å². The molecule has 2 heterocycles. The molecule has 0 bridgehead atoms. The van der Waals surface area contributed by atoms with E-state index in [-0.39, 0.29) is 18.6 Å². The van der Waals surface area contributed by atoms with E-state index in [0.29, 0.717) is 12.1 Å². The molecule has 0 spiro atoms. The van der Waals surface area contributed by atoms with Crippen molar-refractivity contribution in [2.75, 3.05) is 19.8 Å². The van der Waals surface area contributed by atoms with Crippen molar-refractivity contribution in [1.29, 1.82) is 0 Å². The Kier molecular flexibility index (Phi) is 5.15. The zero-order valence-electron chi connectivity index (χ0n) is 13.6. The van der Waals surface area contributed by atoms with Gasteiger partial charge in [-0.2, -0.15) is 0 Å². The van der Waals surface area contributed by atoms with Crippen LogP contribution in [0.3, 0.4) is 0 Å². The minimum absolute atomic E-state index is 0.0582. The Morgan fingerprint density at radius 1 is 1.38 bits per heavy atom. The number of amides is 1. The van der Waals surface area contributed by atoms with E-state index in [9.17, 15) is 9.59 Å². The smallest absolute Gasteiger partial charge is 0.338 e. The van der Waals surface area contributed by atoms with Crippen molar-refractivity contribution in [2.45, 2.75) is 32.0 Å². The van der Waals surface area contributed by atoms with E-state index in [1.807, 2.05) is 24.3 Å². The third-order valence-corrected chi connectivity index (χ3v) is 4.08. The van der Waals surface area contributed by atoms with Crippen LogP contribution in [0.25, 0.3) is 6.08 Å². The number of hydrogen-bond donors (Lipinski definition) is 1. The van der Waals surface area contributed by atoms with Gasteiger partial charge in [0.25, 0.3) is 5.91 Å². The monoisotopic (exact) mass is 331 g/mol. The van der Waals surface area contributed by atoms with Crippen molar-refractivity contribution >= 4 is 18.0 Å². The number of fused-ring (bicyclic) bond motifs is 1. The van der Waals surface area contributed by atoms with E-state index >= 15 is 0 Å². The number of ether oxygens (including phenoxy) is 3. The number of hydrogen-bond acceptors (Lipinski definition) is 5. The van der Waals surface area contributed by atoms with Gasteiger partial charge in [-0.05, 0) is 31.9 Å². The molecule has 6 nitrogen and oxygen atoms in total. The second-order valence-corrected chi connectivity index (χ2v) is 5.92. The number of carbonyl (C=O) groups excluding carboxylic acids is 2. The average Bonchev–Trinajstić information content (AvgIpc) is 3.12. The minimum atomic E-state index is -0.864. The minimum Gasteiger partial charge on any atom is -0.488 e. The van der Waals surface area contributed by atoms with E-state index in [1.54, 1.807) is 13.0 Å². The molecule has 0 aliphatic carbocycles. The van der Waals surface area contributed by atoms with Crippen LogP contribution in [0.5, 0.6) is 5.75 Å². The van der Waals surface area contributed by atoms with Crippen LogP contribution in [0.1, 0.15) is 25.3 Å². The highest BCUT2D eigenvalue weighted by Crippen LogP contribution is 2.26. The second-order valence-electron chi connectivity index (χ2n) is 5.92. The molecule has 1 N–H and O–H groups in total. The number of carbonyl (C=O) groups is 2. The molecule has 1 aromatic carbocycles. The summed E-state index contributed by atoms with van der Waals surface area (Å²) < 4.78 is 16.2. The first-order valence-electron chi connectivity index (χ1n) is 8.16. The summed E-state index contributed by atoms with van der Waals surface area (Å²) in [5.41, 5.74) is 1.22. The van der Waals surface area contributed by atoms with Gasteiger partial charge in [0.1, 0.15) is 12.4 Å². The van der Waals surface area contributed by atoms with Crippen LogP contribution >= 0.6 is 0 Å². The Bertz CT molecular complexity index is 649. The lowest BCUT2D eigenvalue weighted by atomic mass is 10.1. The van der Waals surface area contributed by atoms with Gasteiger partial charge in [-0.1, -0.05) is 18.2 Å². The third kappa shape index (κ3) is 3.94. The molecule has 2 atom stereocenters. The summed E-state index contributed by atoms with van der Waals surface area (Å²) in [6, 6.07) is 7.44.